The van der Waals surface area contributed by atoms with Crippen molar-refractivity contribution in [3.63, 3.8) is 0 Å². The van der Waals surface area contributed by atoms with Crippen LogP contribution in [0.15, 0.2) is 29.1 Å². The summed E-state index contributed by atoms with van der Waals surface area (Å²) in [6, 6.07) is 7.55. The first-order chi connectivity index (χ1) is 16.6. The first-order valence-corrected chi connectivity index (χ1v) is 11.9. The summed E-state index contributed by atoms with van der Waals surface area (Å²) in [7, 11) is 0. The Morgan fingerprint density at radius 1 is 1.17 bits per heavy atom. The van der Waals surface area contributed by atoms with Crippen molar-refractivity contribution in [3.05, 3.63) is 45.9 Å². The fourth-order valence-corrected chi connectivity index (χ4v) is 4.84. The van der Waals surface area contributed by atoms with Crippen molar-refractivity contribution in [1.29, 1.82) is 0 Å². The van der Waals surface area contributed by atoms with Crippen molar-refractivity contribution in [1.82, 2.24) is 24.6 Å². The molecule has 1 aliphatic carbocycles. The molecule has 1 saturated carbocycles. The molecule has 2 aromatic heterocycles. The normalized spacial score (nSPS) is 19.3. The molecule has 0 bridgehead atoms. The molecule has 5 rings (SSSR count). The molecule has 0 unspecified atom stereocenters. The molecule has 1 atom stereocenters. The number of piperidine rings is 1. The molecule has 2 aliphatic rings. The number of nitrogens with one attached hydrogen (secondary N) is 2. The van der Waals surface area contributed by atoms with Crippen LogP contribution < -0.4 is 5.56 Å². The maximum Gasteiger partial charge on any atom is 0.426 e. The number of benzene rings is 1. The Kier molecular flexibility index (Phi) is 5.77. The van der Waals surface area contributed by atoms with Crippen LogP contribution in [0.25, 0.3) is 17.0 Å². The van der Waals surface area contributed by atoms with Gasteiger partial charge in [0.05, 0.1) is 11.0 Å². The number of amides is 1. The van der Waals surface area contributed by atoms with Gasteiger partial charge >= 0.3 is 6.18 Å². The second-order valence-electron chi connectivity index (χ2n) is 9.84. The number of hydrogen-bond donors (Lipinski definition) is 3. The van der Waals surface area contributed by atoms with E-state index in [-0.39, 0.29) is 24.6 Å². The minimum atomic E-state index is -5.02. The number of fused-ring (bicyclic) bond motifs is 1. The number of halogens is 3. The van der Waals surface area contributed by atoms with Crippen LogP contribution in [0, 0.1) is 5.92 Å². The Labute approximate surface area is 199 Å². The molecular formula is C24H28F3N5O3. The topological polar surface area (TPSA) is 107 Å². The molecule has 3 heterocycles. The fraction of sp³-hybridized carbons (Fsp3) is 0.542. The number of alkyl halides is 3. The molecule has 3 N–H and O–H groups in total. The van der Waals surface area contributed by atoms with Gasteiger partial charge in [-0.3, -0.25) is 14.7 Å². The van der Waals surface area contributed by atoms with Crippen molar-refractivity contribution < 1.29 is 23.1 Å². The highest BCUT2D eigenvalue weighted by Crippen LogP contribution is 2.41. The second kappa shape index (κ2) is 8.54. The lowest BCUT2D eigenvalue weighted by Crippen LogP contribution is -2.57. The first kappa shape index (κ1) is 23.7. The van der Waals surface area contributed by atoms with E-state index in [1.54, 1.807) is 0 Å². The van der Waals surface area contributed by atoms with E-state index in [1.165, 1.54) is 4.68 Å². The average Bonchev–Trinajstić information content (AvgIpc) is 3.49. The van der Waals surface area contributed by atoms with Crippen LogP contribution in [0.1, 0.15) is 56.2 Å². The summed E-state index contributed by atoms with van der Waals surface area (Å²) in [5.41, 5.74) is -0.254. The smallest absolute Gasteiger partial charge is 0.373 e. The summed E-state index contributed by atoms with van der Waals surface area (Å²) in [5.74, 6) is -0.366. The molecule has 1 aromatic carbocycles. The van der Waals surface area contributed by atoms with Gasteiger partial charge in [-0.2, -0.15) is 17.9 Å². The zero-order valence-electron chi connectivity index (χ0n) is 19.4. The summed E-state index contributed by atoms with van der Waals surface area (Å²) in [6.07, 6.45) is -0.674. The molecule has 1 saturated heterocycles. The van der Waals surface area contributed by atoms with Gasteiger partial charge < -0.3 is 15.0 Å². The quantitative estimate of drug-likeness (QED) is 0.491. The average molecular weight is 492 g/mol. The third-order valence-corrected chi connectivity index (χ3v) is 7.27. The first-order valence-electron chi connectivity index (χ1n) is 11.9. The monoisotopic (exact) mass is 491 g/mol. The number of carbonyl (C=O) groups is 1. The molecular weight excluding hydrogens is 463 g/mol. The Morgan fingerprint density at radius 2 is 1.86 bits per heavy atom. The number of aromatic amines is 2. The molecule has 1 aliphatic heterocycles. The Morgan fingerprint density at radius 3 is 2.49 bits per heavy atom. The van der Waals surface area contributed by atoms with Crippen LogP contribution >= 0.6 is 0 Å². The molecule has 0 radical (unpaired) electrons. The minimum Gasteiger partial charge on any atom is -0.373 e. The van der Waals surface area contributed by atoms with Gasteiger partial charge in [0.25, 0.3) is 11.5 Å². The summed E-state index contributed by atoms with van der Waals surface area (Å²) >= 11 is 0. The van der Waals surface area contributed by atoms with E-state index < -0.39 is 17.7 Å². The summed E-state index contributed by atoms with van der Waals surface area (Å²) in [6.45, 7) is 0.808. The lowest BCUT2D eigenvalue weighted by Gasteiger charge is -2.36. The van der Waals surface area contributed by atoms with E-state index in [4.69, 9.17) is 0 Å². The minimum absolute atomic E-state index is 0.139. The van der Waals surface area contributed by atoms with Crippen LogP contribution in [-0.4, -0.2) is 60.5 Å². The molecule has 1 amide bonds. The lowest BCUT2D eigenvalue weighted by atomic mass is 9.89. The maximum absolute atomic E-state index is 13.3. The molecule has 35 heavy (non-hydrogen) atoms. The summed E-state index contributed by atoms with van der Waals surface area (Å²) in [4.78, 5) is 34.3. The lowest BCUT2D eigenvalue weighted by molar-refractivity contribution is -0.250. The van der Waals surface area contributed by atoms with Gasteiger partial charge in [-0.05, 0) is 63.5 Å². The number of H-pyrrole nitrogens is 2. The van der Waals surface area contributed by atoms with Crippen molar-refractivity contribution in [2.45, 2.75) is 63.1 Å². The van der Waals surface area contributed by atoms with Gasteiger partial charge in [0.1, 0.15) is 0 Å². The number of likely N-dealkylation sites (tertiary alicyclic amines) is 1. The molecule has 0 spiro atoms. The standard InChI is InChI=1S/C24H28F3N5O3/c1-23(35,24(25,26)27)21(34)31-12-10-14(11-13-31)6-9-16-19(15-7-8-15)30-32(20(16)33)22-28-17-4-2-3-5-18(17)29-22/h2-5,14-15,30,35H,6-13H2,1H3,(H,28,29)/t23-/m0/s1. The summed E-state index contributed by atoms with van der Waals surface area (Å²) in [5, 5.41) is 12.9. The molecule has 8 nitrogen and oxygen atoms in total. The molecule has 11 heteroatoms. The zero-order chi connectivity index (χ0) is 25.0. The van der Waals surface area contributed by atoms with Crippen molar-refractivity contribution in [2.24, 2.45) is 5.92 Å². The van der Waals surface area contributed by atoms with E-state index in [1.807, 2.05) is 24.3 Å². The number of imidazole rings is 1. The molecule has 2 fully saturated rings. The largest absolute Gasteiger partial charge is 0.426 e. The van der Waals surface area contributed by atoms with E-state index in [2.05, 4.69) is 15.1 Å². The van der Waals surface area contributed by atoms with Gasteiger partial charge in [0, 0.05) is 30.3 Å². The fourth-order valence-electron chi connectivity index (χ4n) is 4.84. The number of nitrogens with zero attached hydrogens (tertiary/aromatic N) is 3. The van der Waals surface area contributed by atoms with Gasteiger partial charge in [-0.25, -0.2) is 4.98 Å². The Balaban J connectivity index is 1.27. The molecule has 188 valence electrons. The molecule has 3 aromatic rings. The predicted octanol–water partition coefficient (Wildman–Crippen LogP) is 3.40. The zero-order valence-corrected chi connectivity index (χ0v) is 19.4. The van der Waals surface area contributed by atoms with Crippen LogP contribution in [0.4, 0.5) is 13.2 Å². The van der Waals surface area contributed by atoms with Gasteiger partial charge in [-0.15, -0.1) is 0 Å². The van der Waals surface area contributed by atoms with E-state index in [0.29, 0.717) is 44.5 Å². The van der Waals surface area contributed by atoms with Crippen LogP contribution in [-0.2, 0) is 11.2 Å². The van der Waals surface area contributed by atoms with E-state index >= 15 is 0 Å². The van der Waals surface area contributed by atoms with Crippen LogP contribution in [0.3, 0.4) is 0 Å². The van der Waals surface area contributed by atoms with E-state index in [0.717, 1.165) is 40.0 Å². The van der Waals surface area contributed by atoms with Gasteiger partial charge in [0.15, 0.2) is 0 Å². The van der Waals surface area contributed by atoms with Gasteiger partial charge in [-0.1, -0.05) is 12.1 Å². The SMILES string of the molecule is C[C@](O)(C(=O)N1CCC(CCc2c(C3CC3)[nH]n(-c3nc4ccccc4[nH]3)c2=O)CC1)C(F)(F)F. The number of carbonyl (C=O) groups excluding carboxylic acids is 1. The van der Waals surface area contributed by atoms with E-state index in [9.17, 15) is 27.9 Å². The maximum atomic E-state index is 13.3. The van der Waals surface area contributed by atoms with Gasteiger partial charge in [0.2, 0.25) is 11.5 Å². The van der Waals surface area contributed by atoms with Crippen LogP contribution in [0.2, 0.25) is 0 Å². The predicted molar refractivity (Wildman–Crippen MR) is 122 cm³/mol. The summed E-state index contributed by atoms with van der Waals surface area (Å²) < 4.78 is 40.5. The number of rotatable bonds is 6. The van der Waals surface area contributed by atoms with Crippen molar-refractivity contribution in [3.8, 4) is 5.95 Å². The number of hydrogen-bond acceptors (Lipinski definition) is 4. The Bertz CT molecular complexity index is 1260. The number of aliphatic hydroxyl groups is 1. The van der Waals surface area contributed by atoms with Crippen molar-refractivity contribution in [2.75, 3.05) is 13.1 Å². The third kappa shape index (κ3) is 4.37. The number of para-hydroxylation sites is 2. The number of aromatic nitrogens is 4. The Hall–Kier alpha value is -3.08. The highest BCUT2D eigenvalue weighted by Gasteiger charge is 2.57. The van der Waals surface area contributed by atoms with Crippen molar-refractivity contribution >= 4 is 16.9 Å². The highest BCUT2D eigenvalue weighted by molar-refractivity contribution is 5.85. The highest BCUT2D eigenvalue weighted by atomic mass is 19.4. The van der Waals surface area contributed by atoms with Crippen LogP contribution in [0.5, 0.6) is 0 Å². The third-order valence-electron chi connectivity index (χ3n) is 7.27. The second-order valence-corrected chi connectivity index (χ2v) is 9.84.